The molecule has 2 aromatic rings. The molecule has 6 rings (SSSR count). The molecule has 0 spiro atoms. The first kappa shape index (κ1) is 23.6. The molecule has 3 aliphatic carbocycles. The molecule has 1 saturated heterocycles. The van der Waals surface area contributed by atoms with Crippen LogP contribution >= 0.6 is 0 Å². The lowest BCUT2D eigenvalue weighted by atomic mass is 9.59. The van der Waals surface area contributed by atoms with Crippen LogP contribution in [0.3, 0.4) is 0 Å². The molecule has 2 amide bonds. The molecule has 0 bridgehead atoms. The number of carbonyl (C=O) groups is 4. The normalized spacial score (nSPS) is 27.7. The fourth-order valence-electron chi connectivity index (χ4n) is 6.94. The number of nitrogens with zero attached hydrogens (tertiary/aromatic N) is 1. The quantitative estimate of drug-likeness (QED) is 0.350. The van der Waals surface area contributed by atoms with Gasteiger partial charge in [0, 0.05) is 33.6 Å². The van der Waals surface area contributed by atoms with E-state index in [9.17, 15) is 24.3 Å². The lowest BCUT2D eigenvalue weighted by molar-refractivity contribution is -0.145. The number of hydrogen-bond donors (Lipinski definition) is 1. The largest absolute Gasteiger partial charge is 0.507 e. The second-order valence-corrected chi connectivity index (χ2v) is 11.6. The van der Waals surface area contributed by atoms with Crippen LogP contribution in [0.15, 0.2) is 70.8 Å². The standard InChI is InChI=1S/C31H29NO5/c1-15-13-24(34)22-14-21-19(9-10-20-26(21)30(37)32(29(20)36)31(2,3)4)25(27(22)28(15)35)18-11-12-23(33)17-8-6-5-7-16(17)18/h5-9,11-13,20-21,25-26,33H,10,14H2,1-4H3/t20-,21+,25-,26-/m0/s1. The van der Waals surface area contributed by atoms with E-state index >= 15 is 0 Å². The van der Waals surface area contributed by atoms with E-state index in [0.29, 0.717) is 28.5 Å². The molecule has 2 aromatic carbocycles. The summed E-state index contributed by atoms with van der Waals surface area (Å²) in [6.45, 7) is 7.24. The SMILES string of the molecule is CC1=CC(=O)C2=C(C1=O)[C@@H](c1ccc(O)c3ccccc13)C1=CC[C@@H]3C(=O)N(C(C)(C)C)C(=O)[C@@H]3[C@@H]1C2. The van der Waals surface area contributed by atoms with Crippen molar-refractivity contribution in [2.45, 2.75) is 52.0 Å². The van der Waals surface area contributed by atoms with Crippen LogP contribution in [0.5, 0.6) is 5.75 Å². The third-order valence-corrected chi connectivity index (χ3v) is 8.48. The fourth-order valence-corrected chi connectivity index (χ4v) is 6.94. The van der Waals surface area contributed by atoms with E-state index in [4.69, 9.17) is 0 Å². The van der Waals surface area contributed by atoms with Crippen molar-refractivity contribution in [2.24, 2.45) is 17.8 Å². The summed E-state index contributed by atoms with van der Waals surface area (Å²) in [6.07, 6.45) is 4.11. The second-order valence-electron chi connectivity index (χ2n) is 11.6. The number of hydrogen-bond acceptors (Lipinski definition) is 5. The van der Waals surface area contributed by atoms with Crippen LogP contribution in [0, 0.1) is 17.8 Å². The van der Waals surface area contributed by atoms with Crippen molar-refractivity contribution in [1.29, 1.82) is 0 Å². The first-order chi connectivity index (χ1) is 17.5. The number of Topliss-reactive ketones (excluding diaryl/α,β-unsaturated/α-hetero) is 1. The van der Waals surface area contributed by atoms with Gasteiger partial charge in [-0.15, -0.1) is 0 Å². The Kier molecular flexibility index (Phi) is 5.00. The van der Waals surface area contributed by atoms with Gasteiger partial charge in [0.25, 0.3) is 0 Å². The average Bonchev–Trinajstić information content (AvgIpc) is 3.12. The highest BCUT2D eigenvalue weighted by molar-refractivity contribution is 6.24. The van der Waals surface area contributed by atoms with Crippen molar-refractivity contribution in [3.8, 4) is 5.75 Å². The van der Waals surface area contributed by atoms with Gasteiger partial charge in [-0.1, -0.05) is 42.0 Å². The van der Waals surface area contributed by atoms with Crippen LogP contribution in [0.4, 0.5) is 0 Å². The number of amides is 2. The lowest BCUT2D eigenvalue weighted by Gasteiger charge is -2.42. The number of rotatable bonds is 1. The fraction of sp³-hybridized carbons (Fsp3) is 0.355. The third-order valence-electron chi connectivity index (χ3n) is 8.48. The summed E-state index contributed by atoms with van der Waals surface area (Å²) in [6, 6.07) is 10.9. The van der Waals surface area contributed by atoms with Crippen molar-refractivity contribution in [1.82, 2.24) is 4.90 Å². The van der Waals surface area contributed by atoms with E-state index in [1.54, 1.807) is 13.0 Å². The van der Waals surface area contributed by atoms with E-state index in [2.05, 4.69) is 0 Å². The topological polar surface area (TPSA) is 91.8 Å². The van der Waals surface area contributed by atoms with Gasteiger partial charge in [0.15, 0.2) is 11.6 Å². The summed E-state index contributed by atoms with van der Waals surface area (Å²) in [5.41, 5.74) is 2.39. The summed E-state index contributed by atoms with van der Waals surface area (Å²) in [4.78, 5) is 55.5. The van der Waals surface area contributed by atoms with E-state index in [-0.39, 0.29) is 41.5 Å². The summed E-state index contributed by atoms with van der Waals surface area (Å²) in [7, 11) is 0. The molecule has 1 N–H and O–H groups in total. The summed E-state index contributed by atoms with van der Waals surface area (Å²) >= 11 is 0. The average molecular weight is 496 g/mol. The minimum Gasteiger partial charge on any atom is -0.507 e. The minimum absolute atomic E-state index is 0.137. The molecule has 4 atom stereocenters. The van der Waals surface area contributed by atoms with Gasteiger partial charge in [0.1, 0.15) is 5.75 Å². The van der Waals surface area contributed by atoms with Crippen LogP contribution in [0.2, 0.25) is 0 Å². The molecule has 0 unspecified atom stereocenters. The van der Waals surface area contributed by atoms with Gasteiger partial charge in [-0.2, -0.15) is 0 Å². The zero-order valence-corrected chi connectivity index (χ0v) is 21.4. The second kappa shape index (κ2) is 7.85. The molecular weight excluding hydrogens is 466 g/mol. The number of carbonyl (C=O) groups excluding carboxylic acids is 4. The summed E-state index contributed by atoms with van der Waals surface area (Å²) < 4.78 is 0. The number of ketones is 2. The number of aromatic hydroxyl groups is 1. The molecule has 4 aliphatic rings. The predicted molar refractivity (Wildman–Crippen MR) is 139 cm³/mol. The molecular formula is C31H29NO5. The zero-order valence-electron chi connectivity index (χ0n) is 21.4. The first-order valence-corrected chi connectivity index (χ1v) is 12.8. The van der Waals surface area contributed by atoms with Gasteiger partial charge in [-0.25, -0.2) is 0 Å². The van der Waals surface area contributed by atoms with Gasteiger partial charge >= 0.3 is 0 Å². The Morgan fingerprint density at radius 1 is 0.919 bits per heavy atom. The van der Waals surface area contributed by atoms with Crippen molar-refractivity contribution in [3.05, 3.63) is 76.4 Å². The van der Waals surface area contributed by atoms with E-state index in [0.717, 1.165) is 16.5 Å². The van der Waals surface area contributed by atoms with Crippen LogP contribution in [0.1, 0.15) is 52.0 Å². The van der Waals surface area contributed by atoms with Gasteiger partial charge in [0.2, 0.25) is 11.8 Å². The van der Waals surface area contributed by atoms with Crippen LogP contribution < -0.4 is 0 Å². The highest BCUT2D eigenvalue weighted by atomic mass is 16.3. The molecule has 1 aliphatic heterocycles. The van der Waals surface area contributed by atoms with Crippen LogP contribution in [-0.4, -0.2) is 38.9 Å². The zero-order chi connectivity index (χ0) is 26.4. The third kappa shape index (κ3) is 3.24. The number of fused-ring (bicyclic) bond motifs is 4. The van der Waals surface area contributed by atoms with Crippen molar-refractivity contribution < 1.29 is 24.3 Å². The molecule has 188 valence electrons. The van der Waals surface area contributed by atoms with Crippen molar-refractivity contribution in [3.63, 3.8) is 0 Å². The first-order valence-electron chi connectivity index (χ1n) is 12.8. The lowest BCUT2D eigenvalue weighted by Crippen LogP contribution is -2.46. The Labute approximate surface area is 215 Å². The predicted octanol–water partition coefficient (Wildman–Crippen LogP) is 4.77. The van der Waals surface area contributed by atoms with Crippen LogP contribution in [-0.2, 0) is 19.2 Å². The summed E-state index contributed by atoms with van der Waals surface area (Å²) in [5, 5.41) is 12.0. The maximum Gasteiger partial charge on any atom is 0.234 e. The molecule has 6 nitrogen and oxygen atoms in total. The van der Waals surface area contributed by atoms with Crippen molar-refractivity contribution >= 4 is 34.2 Å². The van der Waals surface area contributed by atoms with E-state index in [1.165, 1.54) is 11.0 Å². The highest BCUT2D eigenvalue weighted by Crippen LogP contribution is 2.56. The Morgan fingerprint density at radius 3 is 2.32 bits per heavy atom. The Hall–Kier alpha value is -3.80. The Balaban J connectivity index is 1.59. The Morgan fingerprint density at radius 2 is 1.62 bits per heavy atom. The molecule has 37 heavy (non-hydrogen) atoms. The van der Waals surface area contributed by atoms with Gasteiger partial charge in [-0.05, 0) is 69.5 Å². The number of allylic oxidation sites excluding steroid dienone is 6. The molecule has 0 radical (unpaired) electrons. The smallest absolute Gasteiger partial charge is 0.234 e. The van der Waals surface area contributed by atoms with Crippen molar-refractivity contribution in [2.75, 3.05) is 0 Å². The molecule has 1 heterocycles. The maximum atomic E-state index is 13.8. The van der Waals surface area contributed by atoms with E-state index < -0.39 is 23.3 Å². The van der Waals surface area contributed by atoms with Gasteiger partial charge < -0.3 is 5.11 Å². The van der Waals surface area contributed by atoms with Gasteiger partial charge in [-0.3, -0.25) is 24.1 Å². The molecule has 0 saturated carbocycles. The Bertz CT molecular complexity index is 1530. The van der Waals surface area contributed by atoms with Crippen LogP contribution in [0.25, 0.3) is 10.8 Å². The maximum absolute atomic E-state index is 13.8. The number of imide groups is 1. The molecule has 6 heteroatoms. The molecule has 1 fully saturated rings. The molecule has 0 aromatic heterocycles. The summed E-state index contributed by atoms with van der Waals surface area (Å²) in [5.74, 6) is -2.52. The highest BCUT2D eigenvalue weighted by Gasteiger charge is 2.58. The van der Waals surface area contributed by atoms with E-state index in [1.807, 2.05) is 57.2 Å². The minimum atomic E-state index is -0.645. The number of benzene rings is 2. The number of phenolic OH excluding ortho intramolecular Hbond substituents is 1. The van der Waals surface area contributed by atoms with Gasteiger partial charge in [0.05, 0.1) is 11.8 Å². The monoisotopic (exact) mass is 495 g/mol. The number of phenols is 1. The number of likely N-dealkylation sites (tertiary alicyclic amines) is 1.